The predicted molar refractivity (Wildman–Crippen MR) is 108 cm³/mol. The van der Waals surface area contributed by atoms with Gasteiger partial charge in [-0.25, -0.2) is 4.98 Å². The van der Waals surface area contributed by atoms with E-state index >= 15 is 0 Å². The summed E-state index contributed by atoms with van der Waals surface area (Å²) in [7, 11) is 0. The molecule has 4 aromatic rings. The van der Waals surface area contributed by atoms with Crippen LogP contribution in [0, 0.1) is 0 Å². The minimum Gasteiger partial charge on any atom is -0.330 e. The molecule has 0 saturated heterocycles. The van der Waals surface area contributed by atoms with Crippen molar-refractivity contribution in [3.63, 3.8) is 0 Å². The molecule has 0 radical (unpaired) electrons. The lowest BCUT2D eigenvalue weighted by atomic mass is 9.77. The molecule has 1 unspecified atom stereocenters. The Morgan fingerprint density at radius 1 is 1.08 bits per heavy atom. The van der Waals surface area contributed by atoms with Crippen LogP contribution in [0.25, 0.3) is 22.2 Å². The molecule has 0 aliphatic carbocycles. The van der Waals surface area contributed by atoms with Gasteiger partial charge in [0.15, 0.2) is 5.65 Å². The van der Waals surface area contributed by atoms with Gasteiger partial charge >= 0.3 is 0 Å². The summed E-state index contributed by atoms with van der Waals surface area (Å²) in [4.78, 5) is 8.80. The number of fused-ring (bicyclic) bond motifs is 1. The summed E-state index contributed by atoms with van der Waals surface area (Å²) in [5.74, 6) is 0. The molecule has 1 aromatic carbocycles. The van der Waals surface area contributed by atoms with Gasteiger partial charge in [0.1, 0.15) is 0 Å². The normalized spacial score (nSPS) is 13.6. The van der Waals surface area contributed by atoms with E-state index in [9.17, 15) is 0 Å². The molecular weight excluding hydrogens is 322 g/mol. The first-order valence-electron chi connectivity index (χ1n) is 8.69. The van der Waals surface area contributed by atoms with E-state index in [-0.39, 0.29) is 8.27 Å². The van der Waals surface area contributed by atoms with E-state index in [0.717, 1.165) is 34.3 Å². The molecular formula is C21H25N5. The molecule has 26 heavy (non-hydrogen) atoms. The highest BCUT2D eigenvalue weighted by molar-refractivity contribution is 5.92. The van der Waals surface area contributed by atoms with Gasteiger partial charge in [-0.1, -0.05) is 37.3 Å². The average Bonchev–Trinajstić information content (AvgIpc) is 3.17. The van der Waals surface area contributed by atoms with Crippen LogP contribution in [0.5, 0.6) is 0 Å². The van der Waals surface area contributed by atoms with Gasteiger partial charge in [0.25, 0.3) is 0 Å². The van der Waals surface area contributed by atoms with Crippen molar-refractivity contribution in [3.05, 3.63) is 78.4 Å². The van der Waals surface area contributed by atoms with E-state index in [1.54, 1.807) is 6.20 Å². The Bertz CT molecular complexity index is 1040. The van der Waals surface area contributed by atoms with Crippen LogP contribution in [0.3, 0.4) is 0 Å². The van der Waals surface area contributed by atoms with Gasteiger partial charge in [0.05, 0.1) is 6.20 Å². The fraction of sp³-hybridized carbons (Fsp3) is 0.190. The maximum atomic E-state index is 6.20. The fourth-order valence-electron chi connectivity index (χ4n) is 3.36. The van der Waals surface area contributed by atoms with E-state index in [2.05, 4.69) is 57.4 Å². The third kappa shape index (κ3) is 2.97. The van der Waals surface area contributed by atoms with Crippen molar-refractivity contribution in [3.8, 4) is 11.1 Å². The van der Waals surface area contributed by atoms with Crippen LogP contribution in [0.1, 0.15) is 21.0 Å². The van der Waals surface area contributed by atoms with Gasteiger partial charge in [-0.15, -0.1) is 0 Å². The average molecular weight is 347 g/mol. The second kappa shape index (κ2) is 6.69. The van der Waals surface area contributed by atoms with E-state index in [4.69, 9.17) is 5.73 Å². The molecule has 3 heterocycles. The van der Waals surface area contributed by atoms with E-state index < -0.39 is 0 Å². The molecule has 0 bridgehead atoms. The van der Waals surface area contributed by atoms with Crippen molar-refractivity contribution in [2.45, 2.75) is 18.8 Å². The Hall–Kier alpha value is -3.05. The van der Waals surface area contributed by atoms with Crippen LogP contribution in [0.2, 0.25) is 0 Å². The molecule has 0 fully saturated rings. The Balaban J connectivity index is 0.00000140. The summed E-state index contributed by atoms with van der Waals surface area (Å²) in [6, 6.07) is 16.6. The number of hydrogen-bond acceptors (Lipinski definition) is 4. The van der Waals surface area contributed by atoms with Crippen LogP contribution in [0.4, 0.5) is 0 Å². The highest BCUT2D eigenvalue weighted by Gasteiger charge is 2.26. The molecule has 4 rings (SSSR count). The maximum Gasteiger partial charge on any atom is 0.155 e. The monoisotopic (exact) mass is 347 g/mol. The van der Waals surface area contributed by atoms with Gasteiger partial charge < -0.3 is 5.73 Å². The summed E-state index contributed by atoms with van der Waals surface area (Å²) in [5.41, 5.74) is 11.3. The third-order valence-electron chi connectivity index (χ3n) is 4.97. The van der Waals surface area contributed by atoms with Crippen LogP contribution in [-0.2, 0) is 11.8 Å². The number of aromatic nitrogens is 4. The van der Waals surface area contributed by atoms with Gasteiger partial charge in [-0.05, 0) is 34.9 Å². The smallest absolute Gasteiger partial charge is 0.155 e. The first-order valence-corrected chi connectivity index (χ1v) is 8.69. The summed E-state index contributed by atoms with van der Waals surface area (Å²) < 4.78 is 0. The van der Waals surface area contributed by atoms with Crippen molar-refractivity contribution in [2.75, 3.05) is 6.54 Å². The van der Waals surface area contributed by atoms with Crippen LogP contribution in [0.15, 0.2) is 67.1 Å². The quantitative estimate of drug-likeness (QED) is 0.572. The molecule has 134 valence electrons. The molecule has 0 aliphatic rings. The Kier molecular flexibility index (Phi) is 4.22. The summed E-state index contributed by atoms with van der Waals surface area (Å²) in [5, 5.41) is 8.06. The largest absolute Gasteiger partial charge is 0.330 e. The van der Waals surface area contributed by atoms with Gasteiger partial charge in [0.2, 0.25) is 0 Å². The molecule has 0 amide bonds. The first-order chi connectivity index (χ1) is 12.7. The predicted octanol–water partition coefficient (Wildman–Crippen LogP) is 3.97. The number of hydrogen-bond donors (Lipinski definition) is 2. The second-order valence-electron chi connectivity index (χ2n) is 6.83. The number of nitrogens with zero attached hydrogens (tertiary/aromatic N) is 3. The summed E-state index contributed by atoms with van der Waals surface area (Å²) >= 11 is 0. The number of H-pyrrole nitrogens is 1. The first kappa shape index (κ1) is 16.4. The van der Waals surface area contributed by atoms with Crippen LogP contribution < -0.4 is 5.73 Å². The Labute approximate surface area is 155 Å². The van der Waals surface area contributed by atoms with Crippen LogP contribution >= 0.6 is 0 Å². The van der Waals surface area contributed by atoms with Crippen molar-refractivity contribution < 1.29 is 2.85 Å². The second-order valence-corrected chi connectivity index (χ2v) is 6.83. The van der Waals surface area contributed by atoms with Gasteiger partial charge in [0, 0.05) is 44.7 Å². The highest BCUT2D eigenvalue weighted by atomic mass is 15.1. The number of rotatable bonds is 5. The summed E-state index contributed by atoms with van der Waals surface area (Å²) in [6.07, 6.45) is 6.25. The standard InChI is InChI=1S/C21H21N5.2H2/c1-21(14-22,12-17-7-2-3-9-23-17)16-6-4-5-15(11-16)18-8-10-24-20-19(18)13-25-26-20;;/h2-11,13H,12,14,22H2,1H3,(H,24,25,26);2*1H. The third-order valence-corrected chi connectivity index (χ3v) is 4.97. The molecule has 1 atom stereocenters. The van der Waals surface area contributed by atoms with E-state index in [0.29, 0.717) is 6.54 Å². The van der Waals surface area contributed by atoms with Crippen molar-refractivity contribution in [1.29, 1.82) is 0 Å². The number of nitrogens with one attached hydrogen (secondary N) is 1. The maximum absolute atomic E-state index is 6.20. The number of nitrogens with two attached hydrogens (primary N) is 1. The number of pyridine rings is 2. The van der Waals surface area contributed by atoms with Crippen molar-refractivity contribution >= 4 is 11.0 Å². The molecule has 3 aromatic heterocycles. The zero-order chi connectivity index (χ0) is 18.0. The molecule has 0 saturated carbocycles. The minimum atomic E-state index is -0.188. The van der Waals surface area contributed by atoms with E-state index in [1.807, 2.05) is 30.6 Å². The molecule has 5 nitrogen and oxygen atoms in total. The van der Waals surface area contributed by atoms with Crippen LogP contribution in [-0.4, -0.2) is 26.7 Å². The van der Waals surface area contributed by atoms with E-state index in [1.165, 1.54) is 5.56 Å². The molecule has 0 aliphatic heterocycles. The Morgan fingerprint density at radius 2 is 2.00 bits per heavy atom. The van der Waals surface area contributed by atoms with Crippen molar-refractivity contribution in [2.24, 2.45) is 5.73 Å². The Morgan fingerprint density at radius 3 is 2.81 bits per heavy atom. The topological polar surface area (TPSA) is 80.5 Å². The highest BCUT2D eigenvalue weighted by Crippen LogP contribution is 2.32. The minimum absolute atomic E-state index is 0. The van der Waals surface area contributed by atoms with Crippen molar-refractivity contribution in [1.82, 2.24) is 20.2 Å². The lowest BCUT2D eigenvalue weighted by Gasteiger charge is -2.29. The number of benzene rings is 1. The lowest BCUT2D eigenvalue weighted by molar-refractivity contribution is 0.475. The zero-order valence-electron chi connectivity index (χ0n) is 14.7. The number of aromatic amines is 1. The SMILES string of the molecule is CC(CN)(Cc1ccccn1)c1cccc(-c2ccnc3[nH]ncc23)c1.[HH].[HH]. The zero-order valence-corrected chi connectivity index (χ0v) is 14.7. The van der Waals surface area contributed by atoms with Gasteiger partial charge in [-0.3, -0.25) is 10.1 Å². The molecule has 5 heteroatoms. The lowest BCUT2D eigenvalue weighted by Crippen LogP contribution is -2.34. The molecule has 0 spiro atoms. The fourth-order valence-corrected chi connectivity index (χ4v) is 3.36. The molecule has 3 N–H and O–H groups in total. The van der Waals surface area contributed by atoms with Gasteiger partial charge in [-0.2, -0.15) is 5.10 Å². The summed E-state index contributed by atoms with van der Waals surface area (Å²) in [6.45, 7) is 2.74.